The predicted molar refractivity (Wildman–Crippen MR) is 136 cm³/mol. The van der Waals surface area contributed by atoms with Crippen molar-refractivity contribution in [3.63, 3.8) is 0 Å². The van der Waals surface area contributed by atoms with E-state index in [1.54, 1.807) is 6.07 Å². The molecule has 0 spiro atoms. The number of hydrogen-bond donors (Lipinski definition) is 1. The largest absolute Gasteiger partial charge is 0.493 e. The highest BCUT2D eigenvalue weighted by Gasteiger charge is 2.31. The maximum atomic E-state index is 14.4. The summed E-state index contributed by atoms with van der Waals surface area (Å²) >= 11 is 0. The Hall–Kier alpha value is -3.34. The lowest BCUT2D eigenvalue weighted by Crippen LogP contribution is -2.51. The Morgan fingerprint density at radius 3 is 2.22 bits per heavy atom. The van der Waals surface area contributed by atoms with E-state index in [1.165, 1.54) is 62.4 Å². The van der Waals surface area contributed by atoms with Crippen molar-refractivity contribution >= 4 is 27.5 Å². The van der Waals surface area contributed by atoms with Gasteiger partial charge in [0.05, 0.1) is 26.2 Å². The number of nitrogens with zero attached hydrogens (tertiary/aromatic N) is 2. The van der Waals surface area contributed by atoms with Gasteiger partial charge in [-0.25, -0.2) is 12.8 Å². The molecular formula is C25H34FN3O6S. The van der Waals surface area contributed by atoms with E-state index in [2.05, 4.69) is 5.32 Å². The first-order valence-electron chi connectivity index (χ1n) is 11.4. The molecule has 198 valence electrons. The van der Waals surface area contributed by atoms with Gasteiger partial charge in [0.2, 0.25) is 21.8 Å². The maximum Gasteiger partial charge on any atom is 0.244 e. The van der Waals surface area contributed by atoms with Gasteiger partial charge < -0.3 is 19.7 Å². The van der Waals surface area contributed by atoms with Crippen LogP contribution in [-0.2, 0) is 26.2 Å². The Labute approximate surface area is 212 Å². The molecule has 2 amide bonds. The summed E-state index contributed by atoms with van der Waals surface area (Å²) in [4.78, 5) is 27.5. The topological polar surface area (TPSA) is 105 Å². The normalized spacial score (nSPS) is 12.1. The average molecular weight is 524 g/mol. The number of ether oxygens (including phenoxy) is 2. The summed E-state index contributed by atoms with van der Waals surface area (Å²) < 4.78 is 51.2. The summed E-state index contributed by atoms with van der Waals surface area (Å²) in [6, 6.07) is 9.37. The first-order chi connectivity index (χ1) is 16.9. The fourth-order valence-corrected chi connectivity index (χ4v) is 4.28. The molecule has 1 N–H and O–H groups in total. The number of amides is 2. The molecule has 0 aliphatic heterocycles. The zero-order chi connectivity index (χ0) is 27.0. The number of benzene rings is 2. The maximum absolute atomic E-state index is 14.4. The van der Waals surface area contributed by atoms with Crippen molar-refractivity contribution in [3.05, 3.63) is 53.8 Å². The number of sulfonamides is 1. The van der Waals surface area contributed by atoms with Gasteiger partial charge in [-0.1, -0.05) is 32.0 Å². The Balaban J connectivity index is 2.43. The summed E-state index contributed by atoms with van der Waals surface area (Å²) in [5.41, 5.74) is 0.373. The number of hydrogen-bond acceptors (Lipinski definition) is 6. The zero-order valence-electron chi connectivity index (χ0n) is 21.4. The average Bonchev–Trinajstić information content (AvgIpc) is 2.83. The number of nitrogens with one attached hydrogen (secondary N) is 1. The van der Waals surface area contributed by atoms with E-state index >= 15 is 0 Å². The van der Waals surface area contributed by atoms with Gasteiger partial charge in [0, 0.05) is 24.7 Å². The van der Waals surface area contributed by atoms with Gasteiger partial charge in [-0.3, -0.25) is 13.9 Å². The molecule has 0 saturated heterocycles. The van der Waals surface area contributed by atoms with Crippen molar-refractivity contribution in [1.29, 1.82) is 0 Å². The van der Waals surface area contributed by atoms with Gasteiger partial charge in [-0.05, 0) is 31.0 Å². The van der Waals surface area contributed by atoms with Crippen LogP contribution in [0.3, 0.4) is 0 Å². The van der Waals surface area contributed by atoms with Crippen molar-refractivity contribution in [2.45, 2.75) is 33.4 Å². The quantitative estimate of drug-likeness (QED) is 0.459. The van der Waals surface area contributed by atoms with Crippen molar-refractivity contribution in [3.8, 4) is 11.5 Å². The molecule has 11 heteroatoms. The van der Waals surface area contributed by atoms with Crippen LogP contribution in [0.25, 0.3) is 0 Å². The van der Waals surface area contributed by atoms with Crippen LogP contribution in [0.2, 0.25) is 0 Å². The van der Waals surface area contributed by atoms with Crippen LogP contribution >= 0.6 is 0 Å². The van der Waals surface area contributed by atoms with Crippen LogP contribution in [0.5, 0.6) is 11.5 Å². The van der Waals surface area contributed by atoms with E-state index in [1.807, 2.05) is 13.8 Å². The lowest BCUT2D eigenvalue weighted by atomic mass is 10.1. The van der Waals surface area contributed by atoms with Gasteiger partial charge in [0.15, 0.2) is 11.5 Å². The highest BCUT2D eigenvalue weighted by Crippen LogP contribution is 2.32. The molecule has 0 fully saturated rings. The Morgan fingerprint density at radius 1 is 1.03 bits per heavy atom. The third-order valence-corrected chi connectivity index (χ3v) is 6.63. The molecule has 0 saturated carbocycles. The molecule has 0 aliphatic rings. The van der Waals surface area contributed by atoms with Crippen molar-refractivity contribution in [1.82, 2.24) is 10.2 Å². The lowest BCUT2D eigenvalue weighted by Gasteiger charge is -2.31. The fraction of sp³-hybridized carbons (Fsp3) is 0.440. The monoisotopic (exact) mass is 523 g/mol. The fourth-order valence-electron chi connectivity index (χ4n) is 3.44. The molecule has 2 rings (SSSR count). The van der Waals surface area contributed by atoms with Gasteiger partial charge in [-0.15, -0.1) is 0 Å². The molecule has 0 aliphatic carbocycles. The minimum absolute atomic E-state index is 0.172. The predicted octanol–water partition coefficient (Wildman–Crippen LogP) is 2.80. The van der Waals surface area contributed by atoms with E-state index < -0.39 is 40.2 Å². The van der Waals surface area contributed by atoms with Gasteiger partial charge in [0.1, 0.15) is 18.4 Å². The lowest BCUT2D eigenvalue weighted by molar-refractivity contribution is -0.139. The second-order valence-corrected chi connectivity index (χ2v) is 10.6. The summed E-state index contributed by atoms with van der Waals surface area (Å²) in [5.74, 6) is -0.790. The molecule has 0 heterocycles. The van der Waals surface area contributed by atoms with Gasteiger partial charge in [-0.2, -0.15) is 0 Å². The summed E-state index contributed by atoms with van der Waals surface area (Å²) in [6.07, 6.45) is 0.969. The molecule has 0 radical (unpaired) electrons. The van der Waals surface area contributed by atoms with E-state index in [-0.39, 0.29) is 29.5 Å². The molecule has 9 nitrogen and oxygen atoms in total. The smallest absolute Gasteiger partial charge is 0.244 e. The van der Waals surface area contributed by atoms with Crippen LogP contribution in [0.4, 0.5) is 10.1 Å². The van der Waals surface area contributed by atoms with E-state index in [4.69, 9.17) is 9.47 Å². The SMILES string of the molecule is COc1ccc(N(CC(=O)N(Cc2ccccc2F)[C@H](C)C(=O)NCC(C)C)S(C)(=O)=O)cc1OC. The second kappa shape index (κ2) is 12.6. The molecular weight excluding hydrogens is 489 g/mol. The molecule has 2 aromatic carbocycles. The van der Waals surface area contributed by atoms with Gasteiger partial charge in [0.25, 0.3) is 0 Å². The molecule has 0 unspecified atom stereocenters. The number of carbonyl (C=O) groups excluding carboxylic acids is 2. The molecule has 0 bridgehead atoms. The summed E-state index contributed by atoms with van der Waals surface area (Å²) in [6.45, 7) is 4.96. The van der Waals surface area contributed by atoms with Crippen molar-refractivity contribution < 1.29 is 31.9 Å². The third-order valence-electron chi connectivity index (χ3n) is 5.48. The minimum atomic E-state index is -3.92. The van der Waals surface area contributed by atoms with E-state index in [0.717, 1.165) is 10.6 Å². The second-order valence-electron chi connectivity index (χ2n) is 8.74. The molecule has 2 aromatic rings. The standard InChI is InChI=1S/C25H34FN3O6S/c1-17(2)14-27-25(31)18(3)28(15-19-9-7-8-10-21(19)26)24(30)16-29(36(6,32)33)20-11-12-22(34-4)23(13-20)35-5/h7-13,17-18H,14-16H2,1-6H3,(H,27,31)/t18-/m1/s1. The third kappa shape index (κ3) is 7.58. The Bertz CT molecular complexity index is 1170. The van der Waals surface area contributed by atoms with Crippen molar-refractivity contribution in [2.24, 2.45) is 5.92 Å². The number of halogens is 1. The van der Waals surface area contributed by atoms with E-state index in [9.17, 15) is 22.4 Å². The van der Waals surface area contributed by atoms with Crippen LogP contribution in [0.1, 0.15) is 26.3 Å². The highest BCUT2D eigenvalue weighted by molar-refractivity contribution is 7.92. The van der Waals surface area contributed by atoms with Crippen LogP contribution in [0, 0.1) is 11.7 Å². The van der Waals surface area contributed by atoms with E-state index in [0.29, 0.717) is 12.3 Å². The van der Waals surface area contributed by atoms with Crippen LogP contribution < -0.4 is 19.1 Å². The zero-order valence-corrected chi connectivity index (χ0v) is 22.3. The minimum Gasteiger partial charge on any atom is -0.493 e. The van der Waals surface area contributed by atoms with Crippen molar-refractivity contribution in [2.75, 3.05) is 37.9 Å². The van der Waals surface area contributed by atoms with Gasteiger partial charge >= 0.3 is 0 Å². The first kappa shape index (κ1) is 28.9. The van der Waals surface area contributed by atoms with Crippen LogP contribution in [0.15, 0.2) is 42.5 Å². The Morgan fingerprint density at radius 2 is 1.67 bits per heavy atom. The molecule has 0 aromatic heterocycles. The number of carbonyl (C=O) groups is 2. The summed E-state index contributed by atoms with van der Waals surface area (Å²) in [5, 5.41) is 2.77. The first-order valence-corrected chi connectivity index (χ1v) is 13.2. The number of methoxy groups -OCH3 is 2. The Kier molecular flexibility index (Phi) is 10.1. The summed E-state index contributed by atoms with van der Waals surface area (Å²) in [7, 11) is -1.07. The highest BCUT2D eigenvalue weighted by atomic mass is 32.2. The van der Waals surface area contributed by atoms with Crippen LogP contribution in [-0.4, -0.2) is 64.7 Å². The molecule has 1 atom stereocenters. The molecule has 36 heavy (non-hydrogen) atoms. The number of anilines is 1. The number of rotatable bonds is 12.